The van der Waals surface area contributed by atoms with Gasteiger partial charge in [0.05, 0.1) is 5.54 Å². The molecular weight excluding hydrogens is 226 g/mol. The Morgan fingerprint density at radius 3 is 2.65 bits per heavy atom. The molecule has 2 heteroatoms. The number of hydrogen-bond donors (Lipinski definition) is 1. The third-order valence-electron chi connectivity index (χ3n) is 4.16. The Bertz CT molecular complexity index is 487. The quantitative estimate of drug-likeness (QED) is 0.840. The van der Waals surface area contributed by atoms with E-state index in [0.29, 0.717) is 5.92 Å². The molecule has 3 rings (SSSR count). The molecule has 1 aromatic carbocycles. The molecule has 1 heterocycles. The summed E-state index contributed by atoms with van der Waals surface area (Å²) in [7, 11) is 0. The van der Waals surface area contributed by atoms with E-state index in [1.807, 2.05) is 11.3 Å². The van der Waals surface area contributed by atoms with Crippen LogP contribution in [-0.4, -0.2) is 0 Å². The first-order valence-corrected chi connectivity index (χ1v) is 7.27. The second kappa shape index (κ2) is 4.11. The van der Waals surface area contributed by atoms with Crippen molar-refractivity contribution in [1.82, 2.24) is 0 Å². The topological polar surface area (TPSA) is 26.0 Å². The molecule has 0 amide bonds. The Balaban J connectivity index is 2.01. The van der Waals surface area contributed by atoms with Crippen LogP contribution in [0, 0.1) is 5.92 Å². The lowest BCUT2D eigenvalue weighted by Crippen LogP contribution is -2.39. The summed E-state index contributed by atoms with van der Waals surface area (Å²) in [4.78, 5) is 1.35. The number of thiophene rings is 1. The van der Waals surface area contributed by atoms with Crippen molar-refractivity contribution in [3.63, 3.8) is 0 Å². The van der Waals surface area contributed by atoms with Gasteiger partial charge < -0.3 is 5.73 Å². The van der Waals surface area contributed by atoms with Gasteiger partial charge in [0.15, 0.2) is 0 Å². The number of fused-ring (bicyclic) bond motifs is 1. The van der Waals surface area contributed by atoms with Gasteiger partial charge in [-0.1, -0.05) is 31.0 Å². The average Bonchev–Trinajstić information content (AvgIpc) is 2.98. The molecule has 1 aliphatic rings. The maximum absolute atomic E-state index is 6.62. The second-order valence-electron chi connectivity index (χ2n) is 5.41. The summed E-state index contributed by atoms with van der Waals surface area (Å²) in [6.07, 6.45) is 5.28. The van der Waals surface area contributed by atoms with Crippen molar-refractivity contribution in [2.24, 2.45) is 11.7 Å². The lowest BCUT2D eigenvalue weighted by molar-refractivity contribution is 0.313. The first kappa shape index (κ1) is 11.2. The normalized spacial score (nSPS) is 20.8. The number of nitrogens with two attached hydrogens (primary N) is 1. The summed E-state index contributed by atoms with van der Waals surface area (Å²) >= 11 is 1.87. The minimum absolute atomic E-state index is 0.139. The minimum Gasteiger partial charge on any atom is -0.321 e. The zero-order valence-electron chi connectivity index (χ0n) is 10.3. The van der Waals surface area contributed by atoms with Gasteiger partial charge >= 0.3 is 0 Å². The minimum atomic E-state index is -0.139. The van der Waals surface area contributed by atoms with Crippen LogP contribution in [0.4, 0.5) is 0 Å². The molecule has 1 aromatic heterocycles. The molecular formula is C15H19NS. The van der Waals surface area contributed by atoms with E-state index in [2.05, 4.69) is 37.3 Å². The summed E-state index contributed by atoms with van der Waals surface area (Å²) < 4.78 is 1.36. The van der Waals surface area contributed by atoms with Gasteiger partial charge in [-0.2, -0.15) is 0 Å². The first-order chi connectivity index (χ1) is 8.18. The molecule has 1 fully saturated rings. The van der Waals surface area contributed by atoms with E-state index in [1.165, 1.54) is 40.6 Å². The van der Waals surface area contributed by atoms with Crippen molar-refractivity contribution in [2.75, 3.05) is 0 Å². The van der Waals surface area contributed by atoms with Crippen molar-refractivity contribution >= 4 is 21.4 Å². The van der Waals surface area contributed by atoms with Crippen LogP contribution in [-0.2, 0) is 5.54 Å². The van der Waals surface area contributed by atoms with Gasteiger partial charge in [-0.15, -0.1) is 11.3 Å². The van der Waals surface area contributed by atoms with Crippen LogP contribution < -0.4 is 5.73 Å². The van der Waals surface area contributed by atoms with Gasteiger partial charge in [0.2, 0.25) is 0 Å². The number of hydrogen-bond acceptors (Lipinski definition) is 2. The third kappa shape index (κ3) is 1.90. The SMILES string of the molecule is CC(N)(c1cc2ccccc2s1)C1CCCC1. The Kier molecular flexibility index (Phi) is 2.72. The third-order valence-corrected chi connectivity index (χ3v) is 5.53. The molecule has 1 saturated carbocycles. The van der Waals surface area contributed by atoms with Crippen LogP contribution in [0.5, 0.6) is 0 Å². The molecule has 0 spiro atoms. The Morgan fingerprint density at radius 2 is 1.94 bits per heavy atom. The highest BCUT2D eigenvalue weighted by molar-refractivity contribution is 7.19. The summed E-state index contributed by atoms with van der Waals surface area (Å²) in [5.74, 6) is 0.663. The van der Waals surface area contributed by atoms with Crippen LogP contribution in [0.15, 0.2) is 30.3 Å². The zero-order valence-corrected chi connectivity index (χ0v) is 11.1. The van der Waals surface area contributed by atoms with E-state index >= 15 is 0 Å². The smallest absolute Gasteiger partial charge is 0.0504 e. The summed E-state index contributed by atoms with van der Waals surface area (Å²) in [5, 5.41) is 1.34. The highest BCUT2D eigenvalue weighted by atomic mass is 32.1. The fraction of sp³-hybridized carbons (Fsp3) is 0.467. The molecule has 0 radical (unpaired) electrons. The van der Waals surface area contributed by atoms with Crippen molar-refractivity contribution < 1.29 is 0 Å². The van der Waals surface area contributed by atoms with Crippen LogP contribution in [0.25, 0.3) is 10.1 Å². The Hall–Kier alpha value is -0.860. The van der Waals surface area contributed by atoms with Crippen LogP contribution in [0.1, 0.15) is 37.5 Å². The number of rotatable bonds is 2. The van der Waals surface area contributed by atoms with Gasteiger partial charge in [0.1, 0.15) is 0 Å². The van der Waals surface area contributed by atoms with Crippen molar-refractivity contribution in [3.8, 4) is 0 Å². The van der Waals surface area contributed by atoms with E-state index in [-0.39, 0.29) is 5.54 Å². The molecule has 1 unspecified atom stereocenters. The molecule has 2 N–H and O–H groups in total. The molecule has 1 aliphatic carbocycles. The first-order valence-electron chi connectivity index (χ1n) is 6.46. The summed E-state index contributed by atoms with van der Waals surface area (Å²) in [5.41, 5.74) is 6.48. The zero-order chi connectivity index (χ0) is 11.9. The fourth-order valence-electron chi connectivity index (χ4n) is 2.97. The standard InChI is InChI=1S/C15H19NS/c1-15(16,12-7-3-4-8-12)14-10-11-6-2-5-9-13(11)17-14/h2,5-6,9-10,12H,3-4,7-8,16H2,1H3. The summed E-state index contributed by atoms with van der Waals surface area (Å²) in [6, 6.07) is 10.9. The highest BCUT2D eigenvalue weighted by Gasteiger charge is 2.35. The van der Waals surface area contributed by atoms with Crippen LogP contribution in [0.3, 0.4) is 0 Å². The van der Waals surface area contributed by atoms with Gasteiger partial charge in [-0.25, -0.2) is 0 Å². The van der Waals surface area contributed by atoms with E-state index in [1.54, 1.807) is 0 Å². The predicted octanol–water partition coefficient (Wildman–Crippen LogP) is 4.27. The Morgan fingerprint density at radius 1 is 1.24 bits per heavy atom. The molecule has 2 aromatic rings. The van der Waals surface area contributed by atoms with E-state index in [9.17, 15) is 0 Å². The van der Waals surface area contributed by atoms with Crippen LogP contribution in [0.2, 0.25) is 0 Å². The average molecular weight is 245 g/mol. The second-order valence-corrected chi connectivity index (χ2v) is 6.50. The van der Waals surface area contributed by atoms with Crippen LogP contribution >= 0.6 is 11.3 Å². The molecule has 0 bridgehead atoms. The van der Waals surface area contributed by atoms with Crippen molar-refractivity contribution in [2.45, 2.75) is 38.1 Å². The molecule has 0 saturated heterocycles. The molecule has 1 atom stereocenters. The molecule has 17 heavy (non-hydrogen) atoms. The molecule has 0 aliphatic heterocycles. The molecule has 1 nitrogen and oxygen atoms in total. The number of benzene rings is 1. The van der Waals surface area contributed by atoms with Gasteiger partial charge in [0.25, 0.3) is 0 Å². The van der Waals surface area contributed by atoms with E-state index < -0.39 is 0 Å². The maximum atomic E-state index is 6.62. The molecule has 90 valence electrons. The van der Waals surface area contributed by atoms with Gasteiger partial charge in [-0.3, -0.25) is 0 Å². The fourth-order valence-corrected chi connectivity index (χ4v) is 4.17. The largest absolute Gasteiger partial charge is 0.321 e. The van der Waals surface area contributed by atoms with Gasteiger partial charge in [0, 0.05) is 9.58 Å². The van der Waals surface area contributed by atoms with Gasteiger partial charge in [-0.05, 0) is 43.2 Å². The summed E-state index contributed by atoms with van der Waals surface area (Å²) in [6.45, 7) is 2.22. The lowest BCUT2D eigenvalue weighted by Gasteiger charge is -2.30. The predicted molar refractivity (Wildman–Crippen MR) is 75.3 cm³/mol. The maximum Gasteiger partial charge on any atom is 0.0504 e. The van der Waals surface area contributed by atoms with E-state index in [4.69, 9.17) is 5.73 Å². The van der Waals surface area contributed by atoms with Crippen molar-refractivity contribution in [3.05, 3.63) is 35.2 Å². The van der Waals surface area contributed by atoms with E-state index in [0.717, 1.165) is 0 Å². The monoisotopic (exact) mass is 245 g/mol. The Labute approximate surface area is 107 Å². The highest BCUT2D eigenvalue weighted by Crippen LogP contribution is 2.42. The lowest BCUT2D eigenvalue weighted by atomic mass is 9.84. The van der Waals surface area contributed by atoms with Crippen molar-refractivity contribution in [1.29, 1.82) is 0 Å².